The number of hydrogen-bond donors (Lipinski definition) is 1. The van der Waals surface area contributed by atoms with E-state index >= 15 is 0 Å². The molecule has 0 heterocycles. The standard InChI is InChI=1S/C18H30N2O/c1-3-11-20(12-4-2)16-9-8-15-6-5-7-18(17(15)14-16)21-13-10-19/h5-7,16H,3-4,8-14,19H2,1-2H3. The molecule has 0 spiro atoms. The van der Waals surface area contributed by atoms with E-state index in [9.17, 15) is 0 Å². The summed E-state index contributed by atoms with van der Waals surface area (Å²) in [7, 11) is 0. The third-order valence-electron chi connectivity index (χ3n) is 4.33. The molecule has 0 aliphatic heterocycles. The van der Waals surface area contributed by atoms with Crippen molar-refractivity contribution in [1.29, 1.82) is 0 Å². The molecule has 1 aromatic rings. The molecule has 3 nitrogen and oxygen atoms in total. The van der Waals surface area contributed by atoms with Gasteiger partial charge in [-0.3, -0.25) is 0 Å². The Morgan fingerprint density at radius 3 is 2.67 bits per heavy atom. The molecule has 2 N–H and O–H groups in total. The van der Waals surface area contributed by atoms with Gasteiger partial charge in [-0.2, -0.15) is 0 Å². The van der Waals surface area contributed by atoms with Crippen molar-refractivity contribution in [3.05, 3.63) is 29.3 Å². The second kappa shape index (κ2) is 8.40. The number of ether oxygens (including phenoxy) is 1. The summed E-state index contributed by atoms with van der Waals surface area (Å²) in [6.45, 7) is 8.14. The second-order valence-electron chi connectivity index (χ2n) is 5.96. The minimum absolute atomic E-state index is 0.574. The SMILES string of the molecule is CCCN(CCC)C1CCc2cccc(OCCN)c2C1. The molecule has 0 amide bonds. The fourth-order valence-electron chi connectivity index (χ4n) is 3.40. The molecule has 3 heteroatoms. The molecule has 2 rings (SSSR count). The van der Waals surface area contributed by atoms with Crippen molar-refractivity contribution in [2.24, 2.45) is 5.73 Å². The summed E-state index contributed by atoms with van der Waals surface area (Å²) in [5.74, 6) is 1.05. The lowest BCUT2D eigenvalue weighted by molar-refractivity contribution is 0.178. The Hall–Kier alpha value is -1.06. The highest BCUT2D eigenvalue weighted by Gasteiger charge is 2.25. The molecule has 118 valence electrons. The Bertz CT molecular complexity index is 427. The number of nitrogens with zero attached hydrogens (tertiary/aromatic N) is 1. The number of aryl methyl sites for hydroxylation is 1. The summed E-state index contributed by atoms with van der Waals surface area (Å²) < 4.78 is 5.86. The van der Waals surface area contributed by atoms with Crippen LogP contribution in [0.2, 0.25) is 0 Å². The third kappa shape index (κ3) is 4.21. The molecule has 1 aromatic carbocycles. The molecule has 0 saturated heterocycles. The van der Waals surface area contributed by atoms with Gasteiger partial charge in [0.15, 0.2) is 0 Å². The normalized spacial score (nSPS) is 17.8. The molecule has 0 fully saturated rings. The minimum atomic E-state index is 0.574. The summed E-state index contributed by atoms with van der Waals surface area (Å²) >= 11 is 0. The van der Waals surface area contributed by atoms with Gasteiger partial charge >= 0.3 is 0 Å². The van der Waals surface area contributed by atoms with Crippen molar-refractivity contribution in [2.45, 2.75) is 52.0 Å². The van der Waals surface area contributed by atoms with Crippen molar-refractivity contribution in [3.8, 4) is 5.75 Å². The van der Waals surface area contributed by atoms with Crippen molar-refractivity contribution in [3.63, 3.8) is 0 Å². The maximum Gasteiger partial charge on any atom is 0.122 e. The number of nitrogens with two attached hydrogens (primary N) is 1. The van der Waals surface area contributed by atoms with Gasteiger partial charge in [0.05, 0.1) is 0 Å². The van der Waals surface area contributed by atoms with E-state index in [2.05, 4.69) is 36.9 Å². The average molecular weight is 290 g/mol. The molecule has 1 aliphatic rings. The maximum atomic E-state index is 5.86. The van der Waals surface area contributed by atoms with E-state index in [0.29, 0.717) is 19.2 Å². The largest absolute Gasteiger partial charge is 0.492 e. The number of fused-ring (bicyclic) bond motifs is 1. The molecule has 0 bridgehead atoms. The molecule has 1 aliphatic carbocycles. The van der Waals surface area contributed by atoms with E-state index in [1.165, 1.54) is 49.9 Å². The first kappa shape index (κ1) is 16.3. The monoisotopic (exact) mass is 290 g/mol. The van der Waals surface area contributed by atoms with E-state index in [1.54, 1.807) is 0 Å². The number of hydrogen-bond acceptors (Lipinski definition) is 3. The first-order valence-corrected chi connectivity index (χ1v) is 8.47. The van der Waals surface area contributed by atoms with E-state index in [-0.39, 0.29) is 0 Å². The fourth-order valence-corrected chi connectivity index (χ4v) is 3.40. The minimum Gasteiger partial charge on any atom is -0.492 e. The van der Waals surface area contributed by atoms with Gasteiger partial charge in [-0.1, -0.05) is 26.0 Å². The van der Waals surface area contributed by atoms with E-state index < -0.39 is 0 Å². The zero-order valence-electron chi connectivity index (χ0n) is 13.6. The summed E-state index contributed by atoms with van der Waals surface area (Å²) in [6.07, 6.45) is 6.02. The molecular formula is C18H30N2O. The highest BCUT2D eigenvalue weighted by atomic mass is 16.5. The average Bonchev–Trinajstić information content (AvgIpc) is 2.52. The van der Waals surface area contributed by atoms with Crippen LogP contribution in [-0.4, -0.2) is 37.2 Å². The van der Waals surface area contributed by atoms with Crippen molar-refractivity contribution < 1.29 is 4.74 Å². The first-order chi connectivity index (χ1) is 10.3. The topological polar surface area (TPSA) is 38.5 Å². The lowest BCUT2D eigenvalue weighted by Crippen LogP contribution is -2.40. The van der Waals surface area contributed by atoms with Crippen LogP contribution in [-0.2, 0) is 12.8 Å². The highest BCUT2D eigenvalue weighted by molar-refractivity contribution is 5.42. The Labute approximate surface area is 129 Å². The van der Waals surface area contributed by atoms with Gasteiger partial charge in [0.1, 0.15) is 12.4 Å². The van der Waals surface area contributed by atoms with Gasteiger partial charge in [-0.05, 0) is 62.4 Å². The van der Waals surface area contributed by atoms with Crippen LogP contribution in [0.3, 0.4) is 0 Å². The number of rotatable bonds is 8. The maximum absolute atomic E-state index is 5.86. The summed E-state index contributed by atoms with van der Waals surface area (Å²) in [4.78, 5) is 2.67. The number of benzene rings is 1. The first-order valence-electron chi connectivity index (χ1n) is 8.47. The van der Waals surface area contributed by atoms with Crippen molar-refractivity contribution in [2.75, 3.05) is 26.2 Å². The second-order valence-corrected chi connectivity index (χ2v) is 5.96. The van der Waals surface area contributed by atoms with Gasteiger partial charge in [0.2, 0.25) is 0 Å². The van der Waals surface area contributed by atoms with Gasteiger partial charge in [0, 0.05) is 12.6 Å². The van der Waals surface area contributed by atoms with Gasteiger partial charge < -0.3 is 15.4 Å². The third-order valence-corrected chi connectivity index (χ3v) is 4.33. The molecule has 21 heavy (non-hydrogen) atoms. The van der Waals surface area contributed by atoms with Crippen LogP contribution < -0.4 is 10.5 Å². The van der Waals surface area contributed by atoms with Crippen LogP contribution >= 0.6 is 0 Å². The zero-order chi connectivity index (χ0) is 15.1. The Kier molecular flexibility index (Phi) is 6.52. The molecular weight excluding hydrogens is 260 g/mol. The highest BCUT2D eigenvalue weighted by Crippen LogP contribution is 2.31. The van der Waals surface area contributed by atoms with Gasteiger partial charge in [-0.25, -0.2) is 0 Å². The predicted octanol–water partition coefficient (Wildman–Crippen LogP) is 3.00. The molecule has 0 aromatic heterocycles. The summed E-state index contributed by atoms with van der Waals surface area (Å²) in [6, 6.07) is 7.13. The van der Waals surface area contributed by atoms with Crippen LogP contribution in [0, 0.1) is 0 Å². The Balaban J connectivity index is 2.13. The van der Waals surface area contributed by atoms with Crippen LogP contribution in [0.15, 0.2) is 18.2 Å². The molecule has 1 atom stereocenters. The van der Waals surface area contributed by atoms with Crippen LogP contribution in [0.1, 0.15) is 44.2 Å². The van der Waals surface area contributed by atoms with E-state index in [1.807, 2.05) is 0 Å². The van der Waals surface area contributed by atoms with E-state index in [0.717, 1.165) is 12.2 Å². The van der Waals surface area contributed by atoms with Crippen molar-refractivity contribution >= 4 is 0 Å². The van der Waals surface area contributed by atoms with Crippen LogP contribution in [0.4, 0.5) is 0 Å². The Morgan fingerprint density at radius 2 is 2.00 bits per heavy atom. The fraction of sp³-hybridized carbons (Fsp3) is 0.667. The Morgan fingerprint density at radius 1 is 1.24 bits per heavy atom. The smallest absolute Gasteiger partial charge is 0.122 e. The summed E-state index contributed by atoms with van der Waals surface area (Å²) in [5, 5.41) is 0. The quantitative estimate of drug-likeness (QED) is 0.800. The van der Waals surface area contributed by atoms with Crippen LogP contribution in [0.5, 0.6) is 5.75 Å². The van der Waals surface area contributed by atoms with Gasteiger partial charge in [-0.15, -0.1) is 0 Å². The lowest BCUT2D eigenvalue weighted by atomic mass is 9.86. The molecule has 1 unspecified atom stereocenters. The summed E-state index contributed by atoms with van der Waals surface area (Å²) in [5.41, 5.74) is 8.46. The zero-order valence-corrected chi connectivity index (χ0v) is 13.6. The van der Waals surface area contributed by atoms with E-state index in [4.69, 9.17) is 10.5 Å². The van der Waals surface area contributed by atoms with Crippen molar-refractivity contribution in [1.82, 2.24) is 4.90 Å². The lowest BCUT2D eigenvalue weighted by Gasteiger charge is -2.35. The molecule has 0 saturated carbocycles. The van der Waals surface area contributed by atoms with Gasteiger partial charge in [0.25, 0.3) is 0 Å². The van der Waals surface area contributed by atoms with Crippen LogP contribution in [0.25, 0.3) is 0 Å². The molecule has 0 radical (unpaired) electrons. The predicted molar refractivity (Wildman–Crippen MR) is 89.0 cm³/mol.